The molecule has 0 heterocycles. The van der Waals surface area contributed by atoms with E-state index in [-0.39, 0.29) is 11.4 Å². The second kappa shape index (κ2) is 10.3. The van der Waals surface area contributed by atoms with Crippen LogP contribution in [0.4, 0.5) is 0 Å². The van der Waals surface area contributed by atoms with Gasteiger partial charge in [-0.2, -0.15) is 0 Å². The van der Waals surface area contributed by atoms with Crippen LogP contribution in [0.3, 0.4) is 0 Å². The van der Waals surface area contributed by atoms with Crippen molar-refractivity contribution >= 4 is 5.91 Å². The number of hydrogen-bond acceptors (Lipinski definition) is 2. The molecule has 2 unspecified atom stereocenters. The first-order valence-electron chi connectivity index (χ1n) is 9.17. The van der Waals surface area contributed by atoms with Crippen molar-refractivity contribution < 1.29 is 4.79 Å². The van der Waals surface area contributed by atoms with Gasteiger partial charge in [0.15, 0.2) is 0 Å². The molecule has 0 saturated heterocycles. The molecule has 0 aromatic heterocycles. The minimum absolute atomic E-state index is 0.134. The van der Waals surface area contributed by atoms with Gasteiger partial charge >= 0.3 is 0 Å². The molecule has 0 fully saturated rings. The molecule has 0 rings (SSSR count). The predicted molar refractivity (Wildman–Crippen MR) is 97.1 cm³/mol. The van der Waals surface area contributed by atoms with Crippen LogP contribution in [0.5, 0.6) is 0 Å². The van der Waals surface area contributed by atoms with Crippen molar-refractivity contribution in [3.05, 3.63) is 0 Å². The molecule has 0 bridgehead atoms. The van der Waals surface area contributed by atoms with E-state index in [0.29, 0.717) is 17.8 Å². The zero-order valence-electron chi connectivity index (χ0n) is 16.1. The Balaban J connectivity index is 4.39. The van der Waals surface area contributed by atoms with Crippen LogP contribution in [0.15, 0.2) is 0 Å². The molecular formula is C19H40N2O. The largest absolute Gasteiger partial charge is 0.356 e. The summed E-state index contributed by atoms with van der Waals surface area (Å²) in [4.78, 5) is 12.1. The summed E-state index contributed by atoms with van der Waals surface area (Å²) in [7, 11) is 1.91. The van der Waals surface area contributed by atoms with E-state index in [1.54, 1.807) is 0 Å². The molecule has 0 aliphatic carbocycles. The zero-order chi connectivity index (χ0) is 17.2. The third-order valence-corrected chi connectivity index (χ3v) is 5.21. The van der Waals surface area contributed by atoms with E-state index in [1.165, 1.54) is 32.1 Å². The first kappa shape index (κ1) is 21.4. The molecule has 3 heteroatoms. The molecule has 22 heavy (non-hydrogen) atoms. The fourth-order valence-corrected chi connectivity index (χ4v) is 2.89. The molecule has 2 N–H and O–H groups in total. The molecule has 0 aromatic carbocycles. The highest BCUT2D eigenvalue weighted by atomic mass is 16.1. The Morgan fingerprint density at radius 2 is 1.77 bits per heavy atom. The molecule has 0 spiro atoms. The van der Waals surface area contributed by atoms with Gasteiger partial charge in [0.1, 0.15) is 0 Å². The zero-order valence-corrected chi connectivity index (χ0v) is 16.1. The lowest BCUT2D eigenvalue weighted by atomic mass is 9.74. The van der Waals surface area contributed by atoms with Gasteiger partial charge in [0, 0.05) is 18.5 Å². The van der Waals surface area contributed by atoms with Gasteiger partial charge in [-0.15, -0.1) is 0 Å². The maximum absolute atomic E-state index is 12.1. The highest BCUT2D eigenvalue weighted by Gasteiger charge is 2.26. The first-order valence-corrected chi connectivity index (χ1v) is 9.17. The number of amides is 1. The van der Waals surface area contributed by atoms with Crippen LogP contribution < -0.4 is 10.6 Å². The van der Waals surface area contributed by atoms with Crippen LogP contribution >= 0.6 is 0 Å². The minimum Gasteiger partial charge on any atom is -0.356 e. The number of nitrogens with one attached hydrogen (secondary N) is 2. The van der Waals surface area contributed by atoms with Crippen molar-refractivity contribution in [1.29, 1.82) is 0 Å². The molecule has 0 radical (unpaired) electrons. The number of carbonyl (C=O) groups is 1. The standard InChI is InChI=1S/C19H40N2O/c1-8-11-12-19(6,10-3)13-16(9-2)15-21-17(22)14-18(4,5)20-7/h16,20H,8-15H2,1-7H3,(H,21,22). The SMILES string of the molecule is CCCCC(C)(CC)CC(CC)CNC(=O)CC(C)(C)NC. The van der Waals surface area contributed by atoms with Crippen LogP contribution in [0.2, 0.25) is 0 Å². The van der Waals surface area contributed by atoms with Gasteiger partial charge in [0.05, 0.1) is 0 Å². The normalized spacial score (nSPS) is 16.1. The summed E-state index contributed by atoms with van der Waals surface area (Å²) in [6.07, 6.45) is 7.99. The number of carbonyl (C=O) groups excluding carboxylic acids is 1. The van der Waals surface area contributed by atoms with E-state index in [2.05, 4.69) is 52.2 Å². The third-order valence-electron chi connectivity index (χ3n) is 5.21. The lowest BCUT2D eigenvalue weighted by Crippen LogP contribution is -2.42. The molecule has 0 aliphatic rings. The van der Waals surface area contributed by atoms with E-state index < -0.39 is 0 Å². The average Bonchev–Trinajstić information content (AvgIpc) is 2.49. The van der Waals surface area contributed by atoms with Crippen molar-refractivity contribution in [2.24, 2.45) is 11.3 Å². The summed E-state index contributed by atoms with van der Waals surface area (Å²) in [6, 6.07) is 0. The van der Waals surface area contributed by atoms with Crippen LogP contribution in [0.25, 0.3) is 0 Å². The topological polar surface area (TPSA) is 41.1 Å². The quantitative estimate of drug-likeness (QED) is 0.556. The number of unbranched alkanes of at least 4 members (excludes halogenated alkanes) is 1. The molecule has 3 nitrogen and oxygen atoms in total. The van der Waals surface area contributed by atoms with Crippen molar-refractivity contribution in [2.75, 3.05) is 13.6 Å². The van der Waals surface area contributed by atoms with E-state index in [4.69, 9.17) is 0 Å². The van der Waals surface area contributed by atoms with Gasteiger partial charge in [0.25, 0.3) is 0 Å². The molecule has 0 aliphatic heterocycles. The molecule has 0 aromatic rings. The summed E-state index contributed by atoms with van der Waals surface area (Å²) in [5.74, 6) is 0.744. The lowest BCUT2D eigenvalue weighted by Gasteiger charge is -2.33. The molecule has 1 amide bonds. The highest BCUT2D eigenvalue weighted by molar-refractivity contribution is 5.77. The maximum atomic E-state index is 12.1. The van der Waals surface area contributed by atoms with Gasteiger partial charge in [-0.25, -0.2) is 0 Å². The van der Waals surface area contributed by atoms with Crippen molar-refractivity contribution in [3.8, 4) is 0 Å². The van der Waals surface area contributed by atoms with Gasteiger partial charge in [-0.1, -0.05) is 53.4 Å². The van der Waals surface area contributed by atoms with E-state index in [1.807, 2.05) is 7.05 Å². The molecule has 132 valence electrons. The summed E-state index contributed by atoms with van der Waals surface area (Å²) >= 11 is 0. The van der Waals surface area contributed by atoms with E-state index >= 15 is 0 Å². The Morgan fingerprint density at radius 1 is 1.14 bits per heavy atom. The summed E-state index contributed by atoms with van der Waals surface area (Å²) in [6.45, 7) is 14.2. The maximum Gasteiger partial charge on any atom is 0.221 e. The monoisotopic (exact) mass is 312 g/mol. The van der Waals surface area contributed by atoms with Crippen LogP contribution in [0, 0.1) is 11.3 Å². The van der Waals surface area contributed by atoms with Crippen LogP contribution in [0.1, 0.15) is 86.5 Å². The smallest absolute Gasteiger partial charge is 0.221 e. The van der Waals surface area contributed by atoms with Crippen LogP contribution in [-0.2, 0) is 4.79 Å². The van der Waals surface area contributed by atoms with Crippen LogP contribution in [-0.4, -0.2) is 25.0 Å². The van der Waals surface area contributed by atoms with Crippen molar-refractivity contribution in [1.82, 2.24) is 10.6 Å². The second-order valence-corrected chi connectivity index (χ2v) is 7.86. The second-order valence-electron chi connectivity index (χ2n) is 7.86. The summed E-state index contributed by atoms with van der Waals surface area (Å²) in [5.41, 5.74) is 0.288. The van der Waals surface area contributed by atoms with E-state index in [0.717, 1.165) is 13.0 Å². The molecule has 2 atom stereocenters. The Hall–Kier alpha value is -0.570. The predicted octanol–water partition coefficient (Wildman–Crippen LogP) is 4.51. The fourth-order valence-electron chi connectivity index (χ4n) is 2.89. The number of hydrogen-bond donors (Lipinski definition) is 2. The fraction of sp³-hybridized carbons (Fsp3) is 0.947. The van der Waals surface area contributed by atoms with Gasteiger partial charge < -0.3 is 10.6 Å². The van der Waals surface area contributed by atoms with Gasteiger partial charge in [-0.05, 0) is 45.1 Å². The van der Waals surface area contributed by atoms with Gasteiger partial charge in [0.2, 0.25) is 5.91 Å². The van der Waals surface area contributed by atoms with Crippen molar-refractivity contribution in [2.45, 2.75) is 92.0 Å². The Labute approximate surface area is 139 Å². The number of rotatable bonds is 12. The summed E-state index contributed by atoms with van der Waals surface area (Å²) in [5, 5.41) is 6.33. The Bertz CT molecular complexity index is 315. The average molecular weight is 313 g/mol. The third kappa shape index (κ3) is 8.77. The lowest BCUT2D eigenvalue weighted by molar-refractivity contribution is -0.122. The molecular weight excluding hydrogens is 272 g/mol. The first-order chi connectivity index (χ1) is 10.2. The highest BCUT2D eigenvalue weighted by Crippen LogP contribution is 2.36. The Kier molecular flexibility index (Phi) is 9.99. The Morgan fingerprint density at radius 3 is 2.23 bits per heavy atom. The summed E-state index contributed by atoms with van der Waals surface area (Å²) < 4.78 is 0. The van der Waals surface area contributed by atoms with E-state index in [9.17, 15) is 4.79 Å². The van der Waals surface area contributed by atoms with Gasteiger partial charge in [-0.3, -0.25) is 4.79 Å². The minimum atomic E-state index is -0.134. The molecule has 0 saturated carbocycles. The van der Waals surface area contributed by atoms with Crippen molar-refractivity contribution in [3.63, 3.8) is 0 Å².